The quantitative estimate of drug-likeness (QED) is 0.316. The molecule has 1 unspecified atom stereocenters. The average molecular weight is 232 g/mol. The number of esters is 1. The number of hydrogen-bond acceptors (Lipinski definition) is 3. The van der Waals surface area contributed by atoms with Gasteiger partial charge in [0.2, 0.25) is 0 Å². The molecular weight excluding hydrogens is 215 g/mol. The lowest BCUT2D eigenvalue weighted by Gasteiger charge is -2.32. The Labute approximate surface area is 91.6 Å². The molecule has 1 aliphatic rings. The van der Waals surface area contributed by atoms with Crippen molar-refractivity contribution in [3.63, 3.8) is 0 Å². The standard InChI is InChI=1S/C10H17FO3Si/c1-8(9(12)13-2)7-10(15-11)5-3-4-6-14-10/h7H,3-6,15H2,1-2H3. The van der Waals surface area contributed by atoms with Crippen molar-refractivity contribution in [2.45, 2.75) is 31.4 Å². The van der Waals surface area contributed by atoms with Crippen molar-refractivity contribution >= 4 is 15.8 Å². The molecule has 1 rings (SSSR count). The third-order valence-corrected chi connectivity index (χ3v) is 3.81. The van der Waals surface area contributed by atoms with Crippen LogP contribution in [-0.2, 0) is 14.3 Å². The molecule has 0 N–H and O–H groups in total. The summed E-state index contributed by atoms with van der Waals surface area (Å²) in [6, 6.07) is 0. The van der Waals surface area contributed by atoms with Gasteiger partial charge in [0.05, 0.1) is 7.11 Å². The number of rotatable bonds is 3. The predicted molar refractivity (Wildman–Crippen MR) is 58.0 cm³/mol. The molecule has 15 heavy (non-hydrogen) atoms. The Bertz CT molecular complexity index is 259. The molecular formula is C10H17FO3Si. The highest BCUT2D eigenvalue weighted by atomic mass is 28.3. The van der Waals surface area contributed by atoms with Crippen LogP contribution >= 0.6 is 0 Å². The Morgan fingerprint density at radius 1 is 1.60 bits per heavy atom. The minimum atomic E-state index is -1.83. The summed E-state index contributed by atoms with van der Waals surface area (Å²) in [4.78, 5) is 11.2. The van der Waals surface area contributed by atoms with Gasteiger partial charge in [0, 0.05) is 12.2 Å². The van der Waals surface area contributed by atoms with Crippen LogP contribution in [0.4, 0.5) is 4.11 Å². The summed E-state index contributed by atoms with van der Waals surface area (Å²) >= 11 is 0. The molecule has 0 radical (unpaired) electrons. The number of halogens is 1. The lowest BCUT2D eigenvalue weighted by atomic mass is 10.1. The summed E-state index contributed by atoms with van der Waals surface area (Å²) in [6.45, 7) is 2.22. The van der Waals surface area contributed by atoms with E-state index in [9.17, 15) is 8.90 Å². The van der Waals surface area contributed by atoms with E-state index in [1.54, 1.807) is 13.0 Å². The molecule has 3 nitrogen and oxygen atoms in total. The van der Waals surface area contributed by atoms with Gasteiger partial charge in [0.25, 0.3) is 9.85 Å². The SMILES string of the molecule is COC(=O)C(C)=CC1([SiH2]F)CCCCO1. The first-order valence-corrected chi connectivity index (χ1v) is 6.35. The molecule has 0 saturated carbocycles. The van der Waals surface area contributed by atoms with Crippen LogP contribution in [-0.4, -0.2) is 34.8 Å². The lowest BCUT2D eigenvalue weighted by Crippen LogP contribution is -2.39. The van der Waals surface area contributed by atoms with Crippen LogP contribution in [0.2, 0.25) is 0 Å². The molecule has 1 fully saturated rings. The van der Waals surface area contributed by atoms with Gasteiger partial charge in [-0.25, -0.2) is 4.79 Å². The maximum atomic E-state index is 13.1. The van der Waals surface area contributed by atoms with Gasteiger partial charge in [-0.1, -0.05) is 0 Å². The lowest BCUT2D eigenvalue weighted by molar-refractivity contribution is -0.136. The van der Waals surface area contributed by atoms with Crippen LogP contribution in [0.1, 0.15) is 26.2 Å². The Kier molecular flexibility index (Phi) is 4.47. The van der Waals surface area contributed by atoms with Gasteiger partial charge in [0.1, 0.15) is 5.22 Å². The second-order valence-corrected chi connectivity index (χ2v) is 5.29. The van der Waals surface area contributed by atoms with Gasteiger partial charge < -0.3 is 13.6 Å². The number of carbonyl (C=O) groups is 1. The highest BCUT2D eigenvalue weighted by Crippen LogP contribution is 2.27. The number of hydrogen-bond donors (Lipinski definition) is 0. The molecule has 0 aliphatic carbocycles. The smallest absolute Gasteiger partial charge is 0.333 e. The largest absolute Gasteiger partial charge is 0.466 e. The highest BCUT2D eigenvalue weighted by molar-refractivity contribution is 6.32. The summed E-state index contributed by atoms with van der Waals surface area (Å²) in [5, 5.41) is -0.767. The molecule has 0 amide bonds. The maximum absolute atomic E-state index is 13.1. The van der Waals surface area contributed by atoms with E-state index in [1.165, 1.54) is 7.11 Å². The average Bonchev–Trinajstić information content (AvgIpc) is 2.29. The van der Waals surface area contributed by atoms with Gasteiger partial charge in [0.15, 0.2) is 0 Å². The van der Waals surface area contributed by atoms with Crippen molar-refractivity contribution in [2.75, 3.05) is 13.7 Å². The van der Waals surface area contributed by atoms with Gasteiger partial charge in [-0.2, -0.15) is 0 Å². The third-order valence-electron chi connectivity index (χ3n) is 2.60. The van der Waals surface area contributed by atoms with Crippen LogP contribution in [0.25, 0.3) is 0 Å². The van der Waals surface area contributed by atoms with Crippen molar-refractivity contribution in [2.24, 2.45) is 0 Å². The van der Waals surface area contributed by atoms with Gasteiger partial charge >= 0.3 is 5.97 Å². The van der Waals surface area contributed by atoms with E-state index < -0.39 is 21.0 Å². The highest BCUT2D eigenvalue weighted by Gasteiger charge is 2.33. The van der Waals surface area contributed by atoms with E-state index in [0.29, 0.717) is 18.6 Å². The molecule has 1 aliphatic heterocycles. The van der Waals surface area contributed by atoms with Gasteiger partial charge in [-0.05, 0) is 32.3 Å². The van der Waals surface area contributed by atoms with E-state index in [1.807, 2.05) is 0 Å². The topological polar surface area (TPSA) is 35.5 Å². The normalized spacial score (nSPS) is 28.3. The van der Waals surface area contributed by atoms with Crippen molar-refractivity contribution in [1.82, 2.24) is 0 Å². The van der Waals surface area contributed by atoms with Gasteiger partial charge in [-0.15, -0.1) is 0 Å². The molecule has 1 heterocycles. The van der Waals surface area contributed by atoms with Gasteiger partial charge in [-0.3, -0.25) is 0 Å². The number of methoxy groups -OCH3 is 1. The predicted octanol–water partition coefficient (Wildman–Crippen LogP) is 1.06. The summed E-state index contributed by atoms with van der Waals surface area (Å²) in [5.41, 5.74) is 0.435. The number of carbonyl (C=O) groups excluding carboxylic acids is 1. The summed E-state index contributed by atoms with van der Waals surface area (Å²) in [6.07, 6.45) is 4.23. The maximum Gasteiger partial charge on any atom is 0.333 e. The van der Waals surface area contributed by atoms with Crippen molar-refractivity contribution in [3.8, 4) is 0 Å². The van der Waals surface area contributed by atoms with E-state index in [0.717, 1.165) is 12.8 Å². The zero-order chi connectivity index (χ0) is 11.3. The van der Waals surface area contributed by atoms with Crippen LogP contribution in [0.5, 0.6) is 0 Å². The first-order valence-electron chi connectivity index (χ1n) is 5.11. The van der Waals surface area contributed by atoms with Crippen LogP contribution in [0.3, 0.4) is 0 Å². The van der Waals surface area contributed by atoms with Crippen LogP contribution < -0.4 is 0 Å². The summed E-state index contributed by atoms with van der Waals surface area (Å²) in [7, 11) is -0.507. The van der Waals surface area contributed by atoms with E-state index >= 15 is 0 Å². The second kappa shape index (κ2) is 5.41. The molecule has 0 bridgehead atoms. The Balaban J connectivity index is 2.77. The Hall–Kier alpha value is -0.683. The van der Waals surface area contributed by atoms with Crippen LogP contribution in [0, 0.1) is 0 Å². The third kappa shape index (κ3) is 3.14. The fourth-order valence-corrected chi connectivity index (χ4v) is 2.73. The second-order valence-electron chi connectivity index (χ2n) is 3.82. The molecule has 0 aromatic heterocycles. The molecule has 86 valence electrons. The minimum Gasteiger partial charge on any atom is -0.466 e. The molecule has 5 heteroatoms. The van der Waals surface area contributed by atoms with E-state index in [4.69, 9.17) is 4.74 Å². The Morgan fingerprint density at radius 3 is 2.80 bits per heavy atom. The fourth-order valence-electron chi connectivity index (χ4n) is 1.75. The fraction of sp³-hybridized carbons (Fsp3) is 0.700. The Morgan fingerprint density at radius 2 is 2.33 bits per heavy atom. The van der Waals surface area contributed by atoms with Crippen LogP contribution in [0.15, 0.2) is 11.6 Å². The molecule has 1 atom stereocenters. The first kappa shape index (κ1) is 12.4. The molecule has 0 spiro atoms. The zero-order valence-electron chi connectivity index (χ0n) is 9.22. The van der Waals surface area contributed by atoms with Crippen molar-refractivity contribution in [3.05, 3.63) is 11.6 Å². The summed E-state index contributed by atoms with van der Waals surface area (Å²) in [5.74, 6) is -0.411. The number of ether oxygens (including phenoxy) is 2. The molecule has 1 saturated heterocycles. The summed E-state index contributed by atoms with van der Waals surface area (Å²) < 4.78 is 23.1. The minimum absolute atomic E-state index is 0.411. The van der Waals surface area contributed by atoms with E-state index in [-0.39, 0.29) is 0 Å². The monoisotopic (exact) mass is 232 g/mol. The molecule has 0 aromatic rings. The zero-order valence-corrected chi connectivity index (χ0v) is 10.6. The van der Waals surface area contributed by atoms with Crippen molar-refractivity contribution < 1.29 is 18.4 Å². The van der Waals surface area contributed by atoms with E-state index in [2.05, 4.69) is 4.74 Å². The first-order chi connectivity index (χ1) is 7.13. The molecule has 0 aromatic carbocycles. The van der Waals surface area contributed by atoms with Crippen molar-refractivity contribution in [1.29, 1.82) is 0 Å².